The first-order chi connectivity index (χ1) is 50.2. The summed E-state index contributed by atoms with van der Waals surface area (Å²) >= 11 is 12.8. The molecule has 0 atom stereocenters. The summed E-state index contributed by atoms with van der Waals surface area (Å²) in [6.45, 7) is 27.7. The molecule has 18 rings (SSSR count). The zero-order valence-electron chi connectivity index (χ0n) is 59.3. The molecule has 0 saturated carbocycles. The van der Waals surface area contributed by atoms with E-state index in [1.165, 1.54) is 97.9 Å². The summed E-state index contributed by atoms with van der Waals surface area (Å²) in [7, 11) is 0. The van der Waals surface area contributed by atoms with Gasteiger partial charge < -0.3 is 23.9 Å². The molecule has 0 bridgehead atoms. The van der Waals surface area contributed by atoms with Gasteiger partial charge in [-0.2, -0.15) is 10.5 Å². The SMILES string of the molecule is CC(C)(C)c1ccc2c(c1)c1c3cc(Cl)ccc3cc3c4ccc(Cl)cc4n2c31.Cc1ccccc1Nc1cccc(C#N)c1.[C-]#[N+]c1cccc(N(c2ccc3cc4c5ccc(N(c6cccc(C#N)c6)c6ccccc6C)cc5n5c6ccc(C(C)(C)C)cc6c(c3c2)c45)c2ccccc2C)c1. The Morgan fingerprint density at radius 1 is 0.385 bits per heavy atom. The number of aromatic nitrogens is 2. The molecule has 0 amide bonds. The van der Waals surface area contributed by atoms with E-state index in [1.807, 2.05) is 84.9 Å². The van der Waals surface area contributed by atoms with E-state index in [0.717, 1.165) is 83.2 Å². The van der Waals surface area contributed by atoms with Crippen LogP contribution in [0.1, 0.15) is 80.5 Å². The molecular weight excluding hydrogens is 1310 g/mol. The van der Waals surface area contributed by atoms with Crippen molar-refractivity contribution in [2.75, 3.05) is 15.1 Å². The number of benzene rings is 14. The summed E-state index contributed by atoms with van der Waals surface area (Å²) in [5, 5.41) is 38.2. The first kappa shape index (κ1) is 66.2. The number of hydrogen-bond acceptors (Lipinski definition) is 5. The van der Waals surface area contributed by atoms with Gasteiger partial charge in [0.2, 0.25) is 0 Å². The van der Waals surface area contributed by atoms with Gasteiger partial charge in [0.25, 0.3) is 0 Å². The number of nitriles is 2. The Bertz CT molecular complexity index is 6620. The summed E-state index contributed by atoms with van der Waals surface area (Å²) in [6, 6.07) is 97.1. The molecule has 0 radical (unpaired) electrons. The average Bonchev–Trinajstić information content (AvgIpc) is 1.54. The molecule has 4 aromatic heterocycles. The van der Waals surface area contributed by atoms with Crippen molar-refractivity contribution in [3.05, 3.63) is 327 Å². The highest BCUT2D eigenvalue weighted by atomic mass is 35.5. The monoisotopic (exact) mass is 1380 g/mol. The molecule has 8 nitrogen and oxygen atoms in total. The van der Waals surface area contributed by atoms with E-state index in [2.05, 4.69) is 279 Å². The molecule has 0 aliphatic carbocycles. The number of nitrogens with one attached hydrogen (secondary N) is 1. The van der Waals surface area contributed by atoms with Crippen LogP contribution in [0, 0.1) is 50.0 Å². The first-order valence-corrected chi connectivity index (χ1v) is 35.7. The Labute approximate surface area is 615 Å². The second-order valence-electron chi connectivity index (χ2n) is 29.2. The minimum Gasteiger partial charge on any atom is -0.355 e. The van der Waals surface area contributed by atoms with Crippen molar-refractivity contribution in [3.63, 3.8) is 0 Å². The molecule has 0 unspecified atom stereocenters. The van der Waals surface area contributed by atoms with Gasteiger partial charge in [0.1, 0.15) is 0 Å². The van der Waals surface area contributed by atoms with E-state index >= 15 is 0 Å². The Hall–Kier alpha value is -12.4. The van der Waals surface area contributed by atoms with E-state index in [-0.39, 0.29) is 10.8 Å². The highest BCUT2D eigenvalue weighted by Gasteiger charge is 2.27. The number of fused-ring (bicyclic) bond motifs is 16. The predicted molar refractivity (Wildman–Crippen MR) is 440 cm³/mol. The van der Waals surface area contributed by atoms with Gasteiger partial charge >= 0.3 is 0 Å². The van der Waals surface area contributed by atoms with Gasteiger partial charge in [-0.1, -0.05) is 180 Å². The predicted octanol–water partition coefficient (Wildman–Crippen LogP) is 27.5. The lowest BCUT2D eigenvalue weighted by Crippen LogP contribution is -2.11. The summed E-state index contributed by atoms with van der Waals surface area (Å²) in [5.41, 5.74) is 23.2. The van der Waals surface area contributed by atoms with Gasteiger partial charge in [0.15, 0.2) is 5.69 Å². The van der Waals surface area contributed by atoms with Gasteiger partial charge in [-0.15, -0.1) is 0 Å². The molecule has 0 aliphatic rings. The van der Waals surface area contributed by atoms with Gasteiger partial charge in [0, 0.05) is 98.6 Å². The van der Waals surface area contributed by atoms with E-state index < -0.39 is 0 Å². The van der Waals surface area contributed by atoms with Crippen LogP contribution in [0.5, 0.6) is 0 Å². The van der Waals surface area contributed by atoms with Crippen molar-refractivity contribution in [1.29, 1.82) is 10.5 Å². The van der Waals surface area contributed by atoms with Crippen molar-refractivity contribution in [3.8, 4) is 12.1 Å². The second-order valence-corrected chi connectivity index (χ2v) is 30.1. The third-order valence-corrected chi connectivity index (χ3v) is 20.9. The maximum absolute atomic E-state index is 9.89. The third kappa shape index (κ3) is 11.6. The Kier molecular flexibility index (Phi) is 16.5. The molecule has 0 fully saturated rings. The van der Waals surface area contributed by atoms with Crippen molar-refractivity contribution in [1.82, 2.24) is 8.80 Å². The molecule has 502 valence electrons. The molecule has 10 heteroatoms. The molecule has 0 aliphatic heterocycles. The number of hydrogen-bond donors (Lipinski definition) is 1. The van der Waals surface area contributed by atoms with Gasteiger partial charge in [-0.3, -0.25) is 0 Å². The maximum atomic E-state index is 9.89. The summed E-state index contributed by atoms with van der Waals surface area (Å²) < 4.78 is 4.84. The fraction of sp³-hybridized carbons (Fsp3) is 0.117. The van der Waals surface area contributed by atoms with Gasteiger partial charge in [-0.05, 0) is 233 Å². The molecule has 104 heavy (non-hydrogen) atoms. The topological polar surface area (TPSA) is 79.3 Å². The van der Waals surface area contributed by atoms with E-state index in [0.29, 0.717) is 16.8 Å². The summed E-state index contributed by atoms with van der Waals surface area (Å²) in [4.78, 5) is 8.34. The number of anilines is 8. The Balaban J connectivity index is 0.000000151. The molecular formula is C94H72Cl2N8. The normalized spacial score (nSPS) is 11.8. The average molecular weight is 1380 g/mol. The fourth-order valence-corrected chi connectivity index (χ4v) is 15.6. The number of halogens is 2. The molecule has 0 saturated heterocycles. The smallest absolute Gasteiger partial charge is 0.189 e. The summed E-state index contributed by atoms with van der Waals surface area (Å²) in [5.74, 6) is 0. The number of rotatable bonds is 8. The van der Waals surface area contributed by atoms with E-state index in [9.17, 15) is 5.26 Å². The molecule has 0 spiro atoms. The van der Waals surface area contributed by atoms with Crippen LogP contribution in [-0.2, 0) is 10.8 Å². The zero-order chi connectivity index (χ0) is 72.0. The first-order valence-electron chi connectivity index (χ1n) is 35.0. The third-order valence-electron chi connectivity index (χ3n) is 20.5. The highest BCUT2D eigenvalue weighted by molar-refractivity contribution is 6.36. The fourth-order valence-electron chi connectivity index (χ4n) is 15.2. The van der Waals surface area contributed by atoms with Crippen molar-refractivity contribution < 1.29 is 0 Å². The molecule has 1 N–H and O–H groups in total. The van der Waals surface area contributed by atoms with Crippen molar-refractivity contribution >= 4 is 172 Å². The maximum Gasteiger partial charge on any atom is 0.189 e. The molecule has 14 aromatic carbocycles. The van der Waals surface area contributed by atoms with Gasteiger partial charge in [-0.25, -0.2) is 4.85 Å². The van der Waals surface area contributed by atoms with Crippen LogP contribution in [0.2, 0.25) is 10.0 Å². The van der Waals surface area contributed by atoms with Gasteiger partial charge in [0.05, 0.1) is 62.9 Å². The Morgan fingerprint density at radius 2 is 0.856 bits per heavy atom. The number of para-hydroxylation sites is 3. The van der Waals surface area contributed by atoms with E-state index in [4.69, 9.17) is 35.0 Å². The minimum absolute atomic E-state index is 0.0437. The minimum atomic E-state index is -0.0437. The second kappa shape index (κ2) is 25.9. The van der Waals surface area contributed by atoms with Crippen LogP contribution in [0.4, 0.5) is 51.2 Å². The van der Waals surface area contributed by atoms with Crippen molar-refractivity contribution in [2.24, 2.45) is 0 Å². The van der Waals surface area contributed by atoms with Crippen LogP contribution in [0.3, 0.4) is 0 Å². The molecule has 4 heterocycles. The van der Waals surface area contributed by atoms with E-state index in [1.54, 1.807) is 6.07 Å². The van der Waals surface area contributed by atoms with Crippen LogP contribution in [0.25, 0.3) is 103 Å². The van der Waals surface area contributed by atoms with Crippen LogP contribution < -0.4 is 15.1 Å². The summed E-state index contributed by atoms with van der Waals surface area (Å²) in [6.07, 6.45) is 0. The standard InChI is InChI=1S/C54H41N5.C26H19Cl2N.C14H12N2/c1-34-13-7-9-19-48(34)57(40-17-11-15-36(27-40)33-55)43-24-25-44-46-28-37-21-23-42(58(49-20-10-8-14-35(49)2)41-18-12-16-39(30-41)56-6)31-45(37)52-47-29-38(54(3,4)5)22-26-50(47)59(53(46)52)51(44)32-43;1-26(2,3)15-5-9-22-21(11-15)24-19-12-16(27)6-4-14(19)10-20-18-8-7-17(28)13-23(18)29(22)25(20)24;1-11-5-2-3-8-14(11)16-13-7-4-6-12(9-13)10-15/h7-32H,1-5H3;4-13H,1-3H3;2-9,16H,1H3. The lowest BCUT2D eigenvalue weighted by molar-refractivity contribution is 0.591. The Morgan fingerprint density at radius 3 is 1.43 bits per heavy atom. The van der Waals surface area contributed by atoms with Crippen LogP contribution in [-0.4, -0.2) is 8.80 Å². The van der Waals surface area contributed by atoms with Crippen LogP contribution in [0.15, 0.2) is 267 Å². The quantitative estimate of drug-likeness (QED) is 0.153. The number of nitrogens with zero attached hydrogens (tertiary/aromatic N) is 7. The molecule has 18 aromatic rings. The zero-order valence-corrected chi connectivity index (χ0v) is 60.8. The highest BCUT2D eigenvalue weighted by Crippen LogP contribution is 2.50. The van der Waals surface area contributed by atoms with Crippen molar-refractivity contribution in [2.45, 2.75) is 73.1 Å². The van der Waals surface area contributed by atoms with Crippen LogP contribution >= 0.6 is 23.2 Å². The number of aryl methyl sites for hydroxylation is 3. The largest absolute Gasteiger partial charge is 0.355 e. The lowest BCUT2D eigenvalue weighted by Gasteiger charge is -2.27. The lowest BCUT2D eigenvalue weighted by atomic mass is 9.86.